The molecule has 0 aromatic heterocycles. The molecule has 0 bridgehead atoms. The maximum Gasteiger partial charge on any atom is 0.143 e. The SMILES string of the molecule is CCCC(C)/C=C1/COc2ccc(N)cc2N1. The number of hydrogen-bond acceptors (Lipinski definition) is 3. The molecule has 1 aliphatic rings. The van der Waals surface area contributed by atoms with E-state index < -0.39 is 0 Å². The molecule has 0 spiro atoms. The van der Waals surface area contributed by atoms with Crippen LogP contribution in [0.3, 0.4) is 0 Å². The number of anilines is 2. The highest BCUT2D eigenvalue weighted by molar-refractivity contribution is 5.67. The van der Waals surface area contributed by atoms with Crippen molar-refractivity contribution in [3.8, 4) is 5.75 Å². The monoisotopic (exact) mass is 232 g/mol. The maximum atomic E-state index is 5.76. The molecule has 1 unspecified atom stereocenters. The van der Waals surface area contributed by atoms with E-state index in [0.717, 1.165) is 22.8 Å². The molecule has 1 aliphatic heterocycles. The summed E-state index contributed by atoms with van der Waals surface area (Å²) < 4.78 is 5.68. The van der Waals surface area contributed by atoms with Gasteiger partial charge in [-0.3, -0.25) is 0 Å². The summed E-state index contributed by atoms with van der Waals surface area (Å²) in [4.78, 5) is 0. The van der Waals surface area contributed by atoms with Crippen molar-refractivity contribution in [2.75, 3.05) is 17.7 Å². The standard InChI is InChI=1S/C14H20N2O/c1-3-4-10(2)7-12-9-17-14-6-5-11(15)8-13(14)16-12/h5-8,10,16H,3-4,9,15H2,1-2H3/b12-7-. The molecule has 17 heavy (non-hydrogen) atoms. The Labute approximate surface area is 103 Å². The van der Waals surface area contributed by atoms with Gasteiger partial charge in [-0.05, 0) is 30.5 Å². The zero-order chi connectivity index (χ0) is 12.3. The third kappa shape index (κ3) is 2.93. The van der Waals surface area contributed by atoms with Crippen molar-refractivity contribution >= 4 is 11.4 Å². The van der Waals surface area contributed by atoms with Crippen LogP contribution in [0.2, 0.25) is 0 Å². The third-order valence-corrected chi connectivity index (χ3v) is 2.91. The first-order chi connectivity index (χ1) is 8.19. The van der Waals surface area contributed by atoms with E-state index >= 15 is 0 Å². The Bertz CT molecular complexity index is 426. The first-order valence-electron chi connectivity index (χ1n) is 6.19. The maximum absolute atomic E-state index is 5.76. The molecule has 3 N–H and O–H groups in total. The molecule has 3 nitrogen and oxygen atoms in total. The van der Waals surface area contributed by atoms with Gasteiger partial charge in [0.25, 0.3) is 0 Å². The second-order valence-corrected chi connectivity index (χ2v) is 4.63. The molecule has 0 aliphatic carbocycles. The molecular weight excluding hydrogens is 212 g/mol. The van der Waals surface area contributed by atoms with E-state index in [1.54, 1.807) is 0 Å². The largest absolute Gasteiger partial charge is 0.485 e. The fraction of sp³-hybridized carbons (Fsp3) is 0.429. The van der Waals surface area contributed by atoms with Gasteiger partial charge in [-0.25, -0.2) is 0 Å². The van der Waals surface area contributed by atoms with Crippen molar-refractivity contribution < 1.29 is 4.74 Å². The highest BCUT2D eigenvalue weighted by Gasteiger charge is 2.13. The molecule has 1 aromatic carbocycles. The fourth-order valence-electron chi connectivity index (χ4n) is 2.11. The van der Waals surface area contributed by atoms with Crippen LogP contribution < -0.4 is 15.8 Å². The van der Waals surface area contributed by atoms with Crippen LogP contribution in [0.25, 0.3) is 0 Å². The number of nitrogens with two attached hydrogens (primary N) is 1. The Hall–Kier alpha value is -1.64. The zero-order valence-electron chi connectivity index (χ0n) is 10.5. The Morgan fingerprint density at radius 1 is 1.53 bits per heavy atom. The number of allylic oxidation sites excluding steroid dienone is 1. The molecule has 1 atom stereocenters. The van der Waals surface area contributed by atoms with E-state index in [1.165, 1.54) is 12.8 Å². The highest BCUT2D eigenvalue weighted by atomic mass is 16.5. The lowest BCUT2D eigenvalue weighted by Gasteiger charge is -2.23. The van der Waals surface area contributed by atoms with Crippen molar-refractivity contribution in [1.29, 1.82) is 0 Å². The summed E-state index contributed by atoms with van der Waals surface area (Å²) in [5.74, 6) is 1.45. The molecule has 1 aromatic rings. The van der Waals surface area contributed by atoms with E-state index in [-0.39, 0.29) is 0 Å². The summed E-state index contributed by atoms with van der Waals surface area (Å²) >= 11 is 0. The Morgan fingerprint density at radius 3 is 3.12 bits per heavy atom. The lowest BCUT2D eigenvalue weighted by atomic mass is 10.0. The van der Waals surface area contributed by atoms with Gasteiger partial charge in [0.15, 0.2) is 0 Å². The molecule has 92 valence electrons. The Morgan fingerprint density at radius 2 is 2.35 bits per heavy atom. The minimum Gasteiger partial charge on any atom is -0.485 e. The van der Waals surface area contributed by atoms with Crippen molar-refractivity contribution in [1.82, 2.24) is 0 Å². The van der Waals surface area contributed by atoms with Gasteiger partial charge in [0.1, 0.15) is 12.4 Å². The number of rotatable bonds is 3. The quantitative estimate of drug-likeness (QED) is 0.785. The number of ether oxygens (including phenoxy) is 1. The minimum atomic E-state index is 0.578. The van der Waals surface area contributed by atoms with Gasteiger partial charge >= 0.3 is 0 Å². The van der Waals surface area contributed by atoms with Gasteiger partial charge in [0.2, 0.25) is 0 Å². The number of hydrogen-bond donors (Lipinski definition) is 2. The number of nitrogen functional groups attached to an aromatic ring is 1. The van der Waals surface area contributed by atoms with Gasteiger partial charge in [-0.15, -0.1) is 0 Å². The van der Waals surface area contributed by atoms with Gasteiger partial charge in [-0.1, -0.05) is 26.3 Å². The lowest BCUT2D eigenvalue weighted by Crippen LogP contribution is -2.17. The first kappa shape index (κ1) is 11.8. The smallest absolute Gasteiger partial charge is 0.143 e. The summed E-state index contributed by atoms with van der Waals surface area (Å²) in [7, 11) is 0. The summed E-state index contributed by atoms with van der Waals surface area (Å²) in [6, 6.07) is 5.67. The van der Waals surface area contributed by atoms with Crippen LogP contribution in [-0.4, -0.2) is 6.61 Å². The van der Waals surface area contributed by atoms with Crippen LogP contribution in [0.5, 0.6) is 5.75 Å². The summed E-state index contributed by atoms with van der Waals surface area (Å²) in [6.07, 6.45) is 4.65. The van der Waals surface area contributed by atoms with Crippen molar-refractivity contribution in [3.63, 3.8) is 0 Å². The molecule has 0 saturated carbocycles. The summed E-state index contributed by atoms with van der Waals surface area (Å²) in [5, 5.41) is 3.38. The van der Waals surface area contributed by atoms with E-state index in [1.807, 2.05) is 18.2 Å². The topological polar surface area (TPSA) is 47.3 Å². The highest BCUT2D eigenvalue weighted by Crippen LogP contribution is 2.32. The normalized spacial score (nSPS) is 18.1. The fourth-order valence-corrected chi connectivity index (χ4v) is 2.11. The van der Waals surface area contributed by atoms with E-state index in [4.69, 9.17) is 10.5 Å². The van der Waals surface area contributed by atoms with Gasteiger partial charge in [0, 0.05) is 11.4 Å². The zero-order valence-corrected chi connectivity index (χ0v) is 10.5. The molecule has 0 saturated heterocycles. The van der Waals surface area contributed by atoms with E-state index in [9.17, 15) is 0 Å². The average Bonchev–Trinajstić information content (AvgIpc) is 2.28. The number of fused-ring (bicyclic) bond motifs is 1. The molecule has 0 amide bonds. The van der Waals surface area contributed by atoms with E-state index in [2.05, 4.69) is 25.2 Å². The van der Waals surface area contributed by atoms with Crippen molar-refractivity contribution in [2.45, 2.75) is 26.7 Å². The Balaban J connectivity index is 2.12. The predicted molar refractivity (Wildman–Crippen MR) is 72.1 cm³/mol. The van der Waals surface area contributed by atoms with Gasteiger partial charge in [-0.2, -0.15) is 0 Å². The summed E-state index contributed by atoms with van der Waals surface area (Å²) in [6.45, 7) is 5.05. The van der Waals surface area contributed by atoms with Crippen LogP contribution in [0.1, 0.15) is 26.7 Å². The molecule has 2 rings (SSSR count). The molecule has 0 fully saturated rings. The molecule has 1 heterocycles. The van der Waals surface area contributed by atoms with Crippen LogP contribution >= 0.6 is 0 Å². The van der Waals surface area contributed by atoms with Crippen molar-refractivity contribution in [3.05, 3.63) is 30.0 Å². The van der Waals surface area contributed by atoms with Gasteiger partial charge in [0.05, 0.1) is 5.69 Å². The van der Waals surface area contributed by atoms with Crippen molar-refractivity contribution in [2.24, 2.45) is 5.92 Å². The van der Waals surface area contributed by atoms with Crippen LogP contribution in [0, 0.1) is 5.92 Å². The third-order valence-electron chi connectivity index (χ3n) is 2.91. The molecular formula is C14H20N2O. The first-order valence-corrected chi connectivity index (χ1v) is 6.19. The van der Waals surface area contributed by atoms with Crippen LogP contribution in [0.4, 0.5) is 11.4 Å². The number of benzene rings is 1. The predicted octanol–water partition coefficient (Wildman–Crippen LogP) is 3.39. The summed E-state index contributed by atoms with van der Waals surface area (Å²) in [5.41, 5.74) is 8.61. The second-order valence-electron chi connectivity index (χ2n) is 4.63. The van der Waals surface area contributed by atoms with Gasteiger partial charge < -0.3 is 15.8 Å². The lowest BCUT2D eigenvalue weighted by molar-refractivity contribution is 0.344. The molecule has 3 heteroatoms. The van der Waals surface area contributed by atoms with E-state index in [0.29, 0.717) is 12.5 Å². The minimum absolute atomic E-state index is 0.578. The second kappa shape index (κ2) is 5.13. The number of nitrogens with one attached hydrogen (secondary N) is 1. The average molecular weight is 232 g/mol. The molecule has 0 radical (unpaired) electrons. The van der Waals surface area contributed by atoms with Crippen LogP contribution in [0.15, 0.2) is 30.0 Å². The Kier molecular flexibility index (Phi) is 3.57. The van der Waals surface area contributed by atoms with Crippen LogP contribution in [-0.2, 0) is 0 Å².